The van der Waals surface area contributed by atoms with Gasteiger partial charge >= 0.3 is 0 Å². The zero-order chi connectivity index (χ0) is 14.0. The monoisotopic (exact) mass is 280 g/mol. The molecule has 6 nitrogen and oxygen atoms in total. The smallest absolute Gasteiger partial charge is 0.262 e. The van der Waals surface area contributed by atoms with Gasteiger partial charge in [-0.05, 0) is 30.2 Å². The quantitative estimate of drug-likeness (QED) is 0.873. The van der Waals surface area contributed by atoms with Gasteiger partial charge < -0.3 is 5.73 Å². The minimum atomic E-state index is -3.61. The molecule has 0 atom stereocenters. The number of sulfonamides is 1. The molecule has 1 aromatic heterocycles. The number of rotatable bonds is 4. The van der Waals surface area contributed by atoms with E-state index in [1.54, 1.807) is 31.4 Å². The summed E-state index contributed by atoms with van der Waals surface area (Å²) in [6, 6.07) is 4.90. The molecule has 0 saturated heterocycles. The van der Waals surface area contributed by atoms with Gasteiger partial charge in [-0.3, -0.25) is 9.40 Å². The van der Waals surface area contributed by atoms with Crippen molar-refractivity contribution in [2.75, 3.05) is 4.72 Å². The number of aromatic nitrogens is 2. The van der Waals surface area contributed by atoms with E-state index in [0.29, 0.717) is 12.2 Å². The minimum absolute atomic E-state index is 0.197. The average molecular weight is 280 g/mol. The second-order valence-corrected chi connectivity index (χ2v) is 5.98. The van der Waals surface area contributed by atoms with Crippen LogP contribution in [0.4, 0.5) is 5.69 Å². The topological polar surface area (TPSA) is 90.0 Å². The van der Waals surface area contributed by atoms with Gasteiger partial charge in [-0.1, -0.05) is 6.07 Å². The van der Waals surface area contributed by atoms with Crippen molar-refractivity contribution in [3.05, 3.63) is 41.7 Å². The van der Waals surface area contributed by atoms with Gasteiger partial charge in [0.25, 0.3) is 10.0 Å². The first-order valence-corrected chi connectivity index (χ1v) is 7.22. The summed E-state index contributed by atoms with van der Waals surface area (Å²) >= 11 is 0. The molecule has 7 heteroatoms. The summed E-state index contributed by atoms with van der Waals surface area (Å²) < 4.78 is 28.4. The molecule has 2 rings (SSSR count). The Bertz CT molecular complexity index is 692. The molecule has 0 aliphatic carbocycles. The molecule has 0 aliphatic rings. The van der Waals surface area contributed by atoms with Crippen LogP contribution in [-0.4, -0.2) is 18.2 Å². The lowest BCUT2D eigenvalue weighted by Crippen LogP contribution is -2.13. The highest BCUT2D eigenvalue weighted by molar-refractivity contribution is 7.92. The van der Waals surface area contributed by atoms with Crippen LogP contribution >= 0.6 is 0 Å². The number of nitrogens with one attached hydrogen (secondary N) is 1. The van der Waals surface area contributed by atoms with Gasteiger partial charge in [0.1, 0.15) is 0 Å². The number of nitrogens with zero attached hydrogens (tertiary/aromatic N) is 2. The highest BCUT2D eigenvalue weighted by Crippen LogP contribution is 2.18. The predicted octanol–water partition coefficient (Wildman–Crippen LogP) is 0.988. The molecule has 1 aromatic carbocycles. The lowest BCUT2D eigenvalue weighted by molar-refractivity contribution is 0.601. The molecule has 3 N–H and O–H groups in total. The van der Waals surface area contributed by atoms with Gasteiger partial charge in [-0.2, -0.15) is 5.10 Å². The zero-order valence-electron chi connectivity index (χ0n) is 10.8. The van der Waals surface area contributed by atoms with E-state index in [2.05, 4.69) is 9.82 Å². The zero-order valence-corrected chi connectivity index (χ0v) is 11.6. The Labute approximate surface area is 112 Å². The molecule has 0 amide bonds. The van der Waals surface area contributed by atoms with Gasteiger partial charge in [0.2, 0.25) is 0 Å². The molecular formula is C12H16N4O2S. The first-order chi connectivity index (χ1) is 8.92. The fraction of sp³-hybridized carbons (Fsp3) is 0.250. The van der Waals surface area contributed by atoms with Crippen LogP contribution in [0.3, 0.4) is 0 Å². The predicted molar refractivity (Wildman–Crippen MR) is 73.1 cm³/mol. The molecule has 0 saturated carbocycles. The third-order valence-electron chi connectivity index (χ3n) is 2.81. The van der Waals surface area contributed by atoms with E-state index < -0.39 is 10.0 Å². The van der Waals surface area contributed by atoms with Crippen LogP contribution in [0.25, 0.3) is 0 Å². The Balaban J connectivity index is 2.34. The van der Waals surface area contributed by atoms with E-state index in [1.807, 2.05) is 6.92 Å². The van der Waals surface area contributed by atoms with Crippen molar-refractivity contribution in [2.45, 2.75) is 18.4 Å². The van der Waals surface area contributed by atoms with Crippen LogP contribution in [0.15, 0.2) is 35.5 Å². The van der Waals surface area contributed by atoms with E-state index in [9.17, 15) is 8.42 Å². The number of anilines is 1. The van der Waals surface area contributed by atoms with E-state index >= 15 is 0 Å². The molecule has 0 bridgehead atoms. The summed E-state index contributed by atoms with van der Waals surface area (Å²) in [5, 5.41) is 3.91. The van der Waals surface area contributed by atoms with Crippen LogP contribution in [0.1, 0.15) is 11.1 Å². The molecule has 1 heterocycles. The maximum absolute atomic E-state index is 12.2. The Kier molecular flexibility index (Phi) is 3.59. The number of aryl methyl sites for hydroxylation is 2. The van der Waals surface area contributed by atoms with Gasteiger partial charge in [0.15, 0.2) is 0 Å². The van der Waals surface area contributed by atoms with Crippen molar-refractivity contribution < 1.29 is 8.42 Å². The van der Waals surface area contributed by atoms with Crippen molar-refractivity contribution in [3.8, 4) is 0 Å². The molecule has 0 fully saturated rings. The Morgan fingerprint density at radius 3 is 2.74 bits per heavy atom. The van der Waals surface area contributed by atoms with Crippen LogP contribution in [0.2, 0.25) is 0 Å². The lowest BCUT2D eigenvalue weighted by atomic mass is 10.1. The van der Waals surface area contributed by atoms with Crippen molar-refractivity contribution in [2.24, 2.45) is 12.8 Å². The van der Waals surface area contributed by atoms with Crippen molar-refractivity contribution >= 4 is 15.7 Å². The summed E-state index contributed by atoms with van der Waals surface area (Å²) in [6.45, 7) is 2.20. The maximum Gasteiger partial charge on any atom is 0.262 e. The number of benzene rings is 1. The molecule has 0 radical (unpaired) electrons. The van der Waals surface area contributed by atoms with Crippen molar-refractivity contribution in [1.82, 2.24) is 9.78 Å². The standard InChI is InChI=1S/C12H16N4O2S/c1-9-3-4-12(5-10(9)6-13)19(17,18)15-11-7-14-16(2)8-11/h3-5,7-8,15H,6,13H2,1-2H3. The van der Waals surface area contributed by atoms with Crippen molar-refractivity contribution in [1.29, 1.82) is 0 Å². The molecular weight excluding hydrogens is 264 g/mol. The average Bonchev–Trinajstić information content (AvgIpc) is 2.74. The highest BCUT2D eigenvalue weighted by Gasteiger charge is 2.16. The van der Waals surface area contributed by atoms with Crippen LogP contribution < -0.4 is 10.5 Å². The molecule has 2 aromatic rings. The second-order valence-electron chi connectivity index (χ2n) is 4.30. The lowest BCUT2D eigenvalue weighted by Gasteiger charge is -2.09. The SMILES string of the molecule is Cc1ccc(S(=O)(=O)Nc2cnn(C)c2)cc1CN. The highest BCUT2D eigenvalue weighted by atomic mass is 32.2. The maximum atomic E-state index is 12.2. The van der Waals surface area contributed by atoms with Crippen LogP contribution in [0.5, 0.6) is 0 Å². The van der Waals surface area contributed by atoms with E-state index in [0.717, 1.165) is 11.1 Å². The van der Waals surface area contributed by atoms with Gasteiger partial charge in [0.05, 0.1) is 16.8 Å². The van der Waals surface area contributed by atoms with Crippen LogP contribution in [0, 0.1) is 6.92 Å². The van der Waals surface area contributed by atoms with Gasteiger partial charge in [-0.15, -0.1) is 0 Å². The molecule has 19 heavy (non-hydrogen) atoms. The number of nitrogens with two attached hydrogens (primary N) is 1. The summed E-state index contributed by atoms with van der Waals surface area (Å²) in [7, 11) is -1.89. The number of hydrogen-bond acceptors (Lipinski definition) is 4. The van der Waals surface area contributed by atoms with Crippen molar-refractivity contribution in [3.63, 3.8) is 0 Å². The first-order valence-electron chi connectivity index (χ1n) is 5.73. The van der Waals surface area contributed by atoms with Gasteiger partial charge in [0, 0.05) is 19.8 Å². The normalized spacial score (nSPS) is 11.5. The summed E-state index contributed by atoms with van der Waals surface area (Å²) in [5.41, 5.74) is 7.81. The third kappa shape index (κ3) is 2.94. The fourth-order valence-corrected chi connectivity index (χ4v) is 2.80. The third-order valence-corrected chi connectivity index (χ3v) is 4.19. The minimum Gasteiger partial charge on any atom is -0.326 e. The second kappa shape index (κ2) is 5.02. The molecule has 0 unspecified atom stereocenters. The molecule has 102 valence electrons. The van der Waals surface area contributed by atoms with E-state index in [-0.39, 0.29) is 4.90 Å². The fourth-order valence-electron chi connectivity index (χ4n) is 1.72. The largest absolute Gasteiger partial charge is 0.326 e. The number of hydrogen-bond donors (Lipinski definition) is 2. The Hall–Kier alpha value is -1.86. The first kappa shape index (κ1) is 13.6. The summed E-state index contributed by atoms with van der Waals surface area (Å²) in [5.74, 6) is 0. The summed E-state index contributed by atoms with van der Waals surface area (Å²) in [4.78, 5) is 0.197. The Morgan fingerprint density at radius 1 is 1.42 bits per heavy atom. The molecule has 0 aliphatic heterocycles. The van der Waals surface area contributed by atoms with Crippen LogP contribution in [-0.2, 0) is 23.6 Å². The summed E-state index contributed by atoms with van der Waals surface area (Å²) in [6.07, 6.45) is 3.05. The van der Waals surface area contributed by atoms with Gasteiger partial charge in [-0.25, -0.2) is 8.42 Å². The Morgan fingerprint density at radius 2 is 2.16 bits per heavy atom. The van der Waals surface area contributed by atoms with E-state index in [1.165, 1.54) is 10.9 Å². The molecule has 0 spiro atoms. The van der Waals surface area contributed by atoms with E-state index in [4.69, 9.17) is 5.73 Å².